The van der Waals surface area contributed by atoms with E-state index >= 15 is 0 Å². The SMILES string of the molecule is CCCCCCCCCCCCCS(=O)(=O)NCC(=O)[O-].[Na+]. The Morgan fingerprint density at radius 1 is 0.864 bits per heavy atom. The molecule has 0 aromatic carbocycles. The van der Waals surface area contributed by atoms with Crippen molar-refractivity contribution in [2.75, 3.05) is 12.3 Å². The standard InChI is InChI=1S/C15H31NO4S.Na/c1-2-3-4-5-6-7-8-9-10-11-12-13-21(19,20)16-14-15(17)18;/h16H,2-14H2,1H3,(H,17,18);/q;+1/p-1. The van der Waals surface area contributed by atoms with Gasteiger partial charge in [0.05, 0.1) is 18.3 Å². The van der Waals surface area contributed by atoms with Gasteiger partial charge in [-0.05, 0) is 6.42 Å². The van der Waals surface area contributed by atoms with Crippen LogP contribution in [0.15, 0.2) is 0 Å². The molecule has 1 N–H and O–H groups in total. The first-order valence-corrected chi connectivity index (χ1v) is 9.80. The first-order valence-electron chi connectivity index (χ1n) is 8.15. The molecule has 0 aromatic rings. The normalized spacial score (nSPS) is 11.1. The molecule has 0 heterocycles. The van der Waals surface area contributed by atoms with Gasteiger partial charge in [-0.15, -0.1) is 0 Å². The van der Waals surface area contributed by atoms with Crippen LogP contribution in [0.5, 0.6) is 0 Å². The maximum atomic E-state index is 11.4. The molecule has 0 aromatic heterocycles. The molecule has 7 heteroatoms. The third-order valence-corrected chi connectivity index (χ3v) is 4.86. The molecule has 126 valence electrons. The summed E-state index contributed by atoms with van der Waals surface area (Å²) in [5.74, 6) is -1.41. The molecule has 0 radical (unpaired) electrons. The van der Waals surface area contributed by atoms with Crippen molar-refractivity contribution in [1.82, 2.24) is 4.72 Å². The van der Waals surface area contributed by atoms with Gasteiger partial charge in [0.15, 0.2) is 0 Å². The molecule has 0 aliphatic heterocycles. The minimum absolute atomic E-state index is 0. The van der Waals surface area contributed by atoms with E-state index in [2.05, 4.69) is 6.92 Å². The summed E-state index contributed by atoms with van der Waals surface area (Å²) in [6.45, 7) is 1.58. The maximum absolute atomic E-state index is 11.4. The van der Waals surface area contributed by atoms with Gasteiger partial charge in [0, 0.05) is 0 Å². The van der Waals surface area contributed by atoms with E-state index in [0.29, 0.717) is 6.42 Å². The Kier molecular flexibility index (Phi) is 18.2. The fourth-order valence-electron chi connectivity index (χ4n) is 2.20. The van der Waals surface area contributed by atoms with E-state index in [1.165, 1.54) is 44.9 Å². The van der Waals surface area contributed by atoms with Crippen molar-refractivity contribution in [3.05, 3.63) is 0 Å². The second kappa shape index (κ2) is 16.2. The first kappa shape index (κ1) is 24.6. The quantitative estimate of drug-likeness (QED) is 0.304. The topological polar surface area (TPSA) is 86.3 Å². The number of carboxylic acid groups (broad SMARTS) is 1. The van der Waals surface area contributed by atoms with Crippen LogP contribution in [0.25, 0.3) is 0 Å². The van der Waals surface area contributed by atoms with Gasteiger partial charge in [-0.25, -0.2) is 13.1 Å². The van der Waals surface area contributed by atoms with Crippen molar-refractivity contribution in [1.29, 1.82) is 0 Å². The van der Waals surface area contributed by atoms with Gasteiger partial charge in [0.25, 0.3) is 0 Å². The summed E-state index contributed by atoms with van der Waals surface area (Å²) in [6.07, 6.45) is 12.7. The zero-order valence-corrected chi connectivity index (χ0v) is 17.1. The summed E-state index contributed by atoms with van der Waals surface area (Å²) in [4.78, 5) is 10.2. The zero-order chi connectivity index (χ0) is 16.0. The van der Waals surface area contributed by atoms with Crippen molar-refractivity contribution in [2.24, 2.45) is 0 Å². The molecule has 0 saturated heterocycles. The number of sulfonamides is 1. The molecule has 5 nitrogen and oxygen atoms in total. The predicted molar refractivity (Wildman–Crippen MR) is 83.3 cm³/mol. The van der Waals surface area contributed by atoms with Crippen LogP contribution in [-0.2, 0) is 14.8 Å². The zero-order valence-electron chi connectivity index (χ0n) is 14.2. The molecule has 0 saturated carbocycles. The van der Waals surface area contributed by atoms with Gasteiger partial charge < -0.3 is 9.90 Å². The fourth-order valence-corrected chi connectivity index (χ4v) is 3.26. The Morgan fingerprint density at radius 2 is 1.27 bits per heavy atom. The van der Waals surface area contributed by atoms with Crippen LogP contribution in [0, 0.1) is 0 Å². The number of hydrogen-bond donors (Lipinski definition) is 1. The minimum atomic E-state index is -3.46. The fraction of sp³-hybridized carbons (Fsp3) is 0.933. The summed E-state index contributed by atoms with van der Waals surface area (Å²) in [5.41, 5.74) is 0. The molecule has 0 unspecified atom stereocenters. The Balaban J connectivity index is 0. The van der Waals surface area contributed by atoms with Crippen LogP contribution >= 0.6 is 0 Å². The van der Waals surface area contributed by atoms with E-state index in [0.717, 1.165) is 19.3 Å². The molecule has 0 amide bonds. The van der Waals surface area contributed by atoms with Gasteiger partial charge in [0.1, 0.15) is 0 Å². The van der Waals surface area contributed by atoms with E-state index in [1.54, 1.807) is 0 Å². The second-order valence-corrected chi connectivity index (χ2v) is 7.47. The number of carboxylic acids is 1. The molecule has 0 atom stereocenters. The van der Waals surface area contributed by atoms with Crippen LogP contribution in [-0.4, -0.2) is 26.7 Å². The monoisotopic (exact) mass is 343 g/mol. The maximum Gasteiger partial charge on any atom is 1.00 e. The number of rotatable bonds is 15. The number of aliphatic carboxylic acids is 1. The summed E-state index contributed by atoms with van der Waals surface area (Å²) >= 11 is 0. The van der Waals surface area contributed by atoms with Gasteiger partial charge >= 0.3 is 29.6 Å². The molecule has 0 aliphatic carbocycles. The molecule has 0 spiro atoms. The van der Waals surface area contributed by atoms with Crippen molar-refractivity contribution in [3.8, 4) is 0 Å². The number of carbonyl (C=O) groups is 1. The molecule has 22 heavy (non-hydrogen) atoms. The van der Waals surface area contributed by atoms with Crippen LogP contribution in [0.1, 0.15) is 77.6 Å². The Morgan fingerprint density at radius 3 is 1.68 bits per heavy atom. The van der Waals surface area contributed by atoms with Crippen LogP contribution in [0.2, 0.25) is 0 Å². The summed E-state index contributed by atoms with van der Waals surface area (Å²) in [6, 6.07) is 0. The first-order chi connectivity index (χ1) is 9.98. The number of unbranched alkanes of at least 4 members (excludes halogenated alkanes) is 10. The van der Waals surface area contributed by atoms with Gasteiger partial charge in [-0.2, -0.15) is 0 Å². The smallest absolute Gasteiger partial charge is 0.549 e. The van der Waals surface area contributed by atoms with Gasteiger partial charge in [-0.3, -0.25) is 0 Å². The van der Waals surface area contributed by atoms with Gasteiger partial charge in [0.2, 0.25) is 10.0 Å². The van der Waals surface area contributed by atoms with E-state index < -0.39 is 22.5 Å². The van der Waals surface area contributed by atoms with Crippen molar-refractivity contribution < 1.29 is 47.9 Å². The van der Waals surface area contributed by atoms with Crippen LogP contribution in [0.3, 0.4) is 0 Å². The van der Waals surface area contributed by atoms with E-state index in [-0.39, 0.29) is 35.3 Å². The van der Waals surface area contributed by atoms with Gasteiger partial charge in [-0.1, -0.05) is 71.1 Å². The van der Waals surface area contributed by atoms with E-state index in [1.807, 2.05) is 4.72 Å². The summed E-state index contributed by atoms with van der Waals surface area (Å²) in [7, 11) is -3.46. The number of nitrogens with one attached hydrogen (secondary N) is 1. The van der Waals surface area contributed by atoms with E-state index in [4.69, 9.17) is 0 Å². The van der Waals surface area contributed by atoms with Crippen molar-refractivity contribution in [3.63, 3.8) is 0 Å². The third kappa shape index (κ3) is 18.4. The average molecular weight is 343 g/mol. The molecule has 0 aliphatic rings. The molecule has 0 rings (SSSR count). The van der Waals surface area contributed by atoms with Crippen LogP contribution in [0.4, 0.5) is 0 Å². The number of carbonyl (C=O) groups excluding carboxylic acids is 1. The summed E-state index contributed by atoms with van der Waals surface area (Å²) < 4.78 is 24.8. The third-order valence-electron chi connectivity index (χ3n) is 3.45. The predicted octanol–water partition coefficient (Wildman–Crippen LogP) is -1.03. The molecular formula is C15H30NNaO4S. The Labute approximate surface area is 158 Å². The average Bonchev–Trinajstić information content (AvgIpc) is 2.43. The molecule has 0 fully saturated rings. The Hall–Kier alpha value is 0.380. The van der Waals surface area contributed by atoms with Crippen molar-refractivity contribution >= 4 is 16.0 Å². The molecule has 0 bridgehead atoms. The minimum Gasteiger partial charge on any atom is -0.549 e. The largest absolute Gasteiger partial charge is 1.00 e. The number of hydrogen-bond acceptors (Lipinski definition) is 4. The van der Waals surface area contributed by atoms with Crippen molar-refractivity contribution in [2.45, 2.75) is 77.6 Å². The Bertz CT molecular complexity index is 361. The molecular weight excluding hydrogens is 313 g/mol. The summed E-state index contributed by atoms with van der Waals surface area (Å²) in [5, 5.41) is 10.2. The van der Waals surface area contributed by atoms with Crippen LogP contribution < -0.4 is 39.4 Å². The second-order valence-electron chi connectivity index (χ2n) is 5.55. The van der Waals surface area contributed by atoms with E-state index in [9.17, 15) is 18.3 Å².